The Bertz CT molecular complexity index is 839. The summed E-state index contributed by atoms with van der Waals surface area (Å²) >= 11 is 1.52. The van der Waals surface area contributed by atoms with Gasteiger partial charge in [0.15, 0.2) is 11.5 Å². The smallest absolute Gasteiger partial charge is 0.269 e. The average molecular weight is 358 g/mol. The molecule has 8 heteroatoms. The minimum Gasteiger partial charge on any atom is -0.454 e. The van der Waals surface area contributed by atoms with Gasteiger partial charge in [-0.05, 0) is 35.4 Å². The summed E-state index contributed by atoms with van der Waals surface area (Å²) in [6.45, 7) is 0.660. The van der Waals surface area contributed by atoms with Crippen LogP contribution in [-0.4, -0.2) is 28.3 Å². The predicted molar refractivity (Wildman–Crippen MR) is 91.4 cm³/mol. The number of benzene rings is 2. The molecule has 2 heterocycles. The van der Waals surface area contributed by atoms with Crippen molar-refractivity contribution in [2.24, 2.45) is 0 Å². The van der Waals surface area contributed by atoms with Crippen LogP contribution in [0, 0.1) is 10.1 Å². The summed E-state index contributed by atoms with van der Waals surface area (Å²) in [5.74, 6) is 1.83. The van der Waals surface area contributed by atoms with Crippen molar-refractivity contribution in [3.05, 3.63) is 63.7 Å². The topological polar surface area (TPSA) is 81.9 Å². The first-order valence-corrected chi connectivity index (χ1v) is 8.70. The summed E-state index contributed by atoms with van der Waals surface area (Å²) in [5.41, 5.74) is 1.87. The maximum absolute atomic E-state index is 12.3. The summed E-state index contributed by atoms with van der Waals surface area (Å²) in [6, 6.07) is 12.0. The third-order valence-corrected chi connectivity index (χ3v) is 5.40. The Hall–Kier alpha value is -2.74. The average Bonchev–Trinajstić information content (AvgIpc) is 3.22. The Morgan fingerprint density at radius 1 is 1.16 bits per heavy atom. The third kappa shape index (κ3) is 3.00. The van der Waals surface area contributed by atoms with Crippen LogP contribution >= 0.6 is 11.8 Å². The van der Waals surface area contributed by atoms with Crippen LogP contribution in [0.4, 0.5) is 5.69 Å². The summed E-state index contributed by atoms with van der Waals surface area (Å²) in [4.78, 5) is 24.5. The molecule has 1 atom stereocenters. The number of nitro groups is 1. The number of carbonyl (C=O) groups excluding carboxylic acids is 1. The molecule has 0 aromatic heterocycles. The maximum atomic E-state index is 12.3. The molecule has 1 amide bonds. The van der Waals surface area contributed by atoms with E-state index in [0.717, 1.165) is 11.1 Å². The van der Waals surface area contributed by atoms with Crippen molar-refractivity contribution < 1.29 is 19.2 Å². The Morgan fingerprint density at radius 2 is 1.92 bits per heavy atom. The zero-order valence-electron chi connectivity index (χ0n) is 13.1. The Labute approximate surface area is 147 Å². The van der Waals surface area contributed by atoms with Crippen molar-refractivity contribution in [3.63, 3.8) is 0 Å². The number of non-ortho nitro benzene ring substituents is 1. The highest BCUT2D eigenvalue weighted by atomic mass is 32.2. The molecule has 1 saturated heterocycles. The molecule has 2 aliphatic heterocycles. The highest BCUT2D eigenvalue weighted by Crippen LogP contribution is 2.41. The van der Waals surface area contributed by atoms with E-state index in [4.69, 9.17) is 9.47 Å². The lowest BCUT2D eigenvalue weighted by atomic mass is 10.1. The molecule has 2 aliphatic rings. The van der Waals surface area contributed by atoms with E-state index in [0.29, 0.717) is 23.8 Å². The van der Waals surface area contributed by atoms with Gasteiger partial charge in [0.25, 0.3) is 5.69 Å². The number of hydrogen-bond donors (Lipinski definition) is 0. The van der Waals surface area contributed by atoms with Crippen molar-refractivity contribution in [2.45, 2.75) is 11.9 Å². The molecule has 4 rings (SSSR count). The molecule has 7 nitrogen and oxygen atoms in total. The molecule has 128 valence electrons. The van der Waals surface area contributed by atoms with E-state index in [-0.39, 0.29) is 23.8 Å². The Kier molecular flexibility index (Phi) is 3.96. The van der Waals surface area contributed by atoms with Gasteiger partial charge in [-0.25, -0.2) is 0 Å². The van der Waals surface area contributed by atoms with Gasteiger partial charge in [-0.2, -0.15) is 0 Å². The first kappa shape index (κ1) is 15.8. The van der Waals surface area contributed by atoms with E-state index >= 15 is 0 Å². The van der Waals surface area contributed by atoms with Crippen LogP contribution in [0.25, 0.3) is 0 Å². The fourth-order valence-electron chi connectivity index (χ4n) is 2.90. The summed E-state index contributed by atoms with van der Waals surface area (Å²) < 4.78 is 10.7. The molecule has 0 radical (unpaired) electrons. The Morgan fingerprint density at radius 3 is 2.68 bits per heavy atom. The number of rotatable bonds is 4. The van der Waals surface area contributed by atoms with Crippen LogP contribution in [0.3, 0.4) is 0 Å². The van der Waals surface area contributed by atoms with Crippen molar-refractivity contribution in [3.8, 4) is 11.5 Å². The van der Waals surface area contributed by atoms with Gasteiger partial charge < -0.3 is 14.4 Å². The number of hydrogen-bond acceptors (Lipinski definition) is 6. The lowest BCUT2D eigenvalue weighted by Gasteiger charge is -2.24. The van der Waals surface area contributed by atoms with Crippen LogP contribution in [0.2, 0.25) is 0 Å². The second-order valence-corrected chi connectivity index (χ2v) is 6.79. The summed E-state index contributed by atoms with van der Waals surface area (Å²) in [7, 11) is 0. The third-order valence-electron chi connectivity index (χ3n) is 4.15. The van der Waals surface area contributed by atoms with Crippen molar-refractivity contribution in [1.29, 1.82) is 0 Å². The van der Waals surface area contributed by atoms with Gasteiger partial charge in [0.05, 0.1) is 10.7 Å². The van der Waals surface area contributed by atoms with Gasteiger partial charge in [0, 0.05) is 18.7 Å². The van der Waals surface area contributed by atoms with Crippen molar-refractivity contribution >= 4 is 23.4 Å². The molecule has 1 fully saturated rings. The van der Waals surface area contributed by atoms with E-state index in [1.54, 1.807) is 17.0 Å². The highest BCUT2D eigenvalue weighted by Gasteiger charge is 2.33. The monoisotopic (exact) mass is 358 g/mol. The minimum atomic E-state index is -0.429. The SMILES string of the molecule is O=C1CSC(c2ccc([N+](=O)[O-])cc2)N1Cc1ccc2c(c1)OCO2. The fraction of sp³-hybridized carbons (Fsp3) is 0.235. The first-order chi connectivity index (χ1) is 12.1. The molecule has 25 heavy (non-hydrogen) atoms. The zero-order valence-corrected chi connectivity index (χ0v) is 13.9. The van der Waals surface area contributed by atoms with Gasteiger partial charge in [-0.3, -0.25) is 14.9 Å². The van der Waals surface area contributed by atoms with Gasteiger partial charge in [-0.1, -0.05) is 6.07 Å². The Balaban J connectivity index is 1.56. The molecule has 2 aromatic rings. The molecular formula is C17H14N2O5S. The van der Waals surface area contributed by atoms with Crippen LogP contribution < -0.4 is 9.47 Å². The quantitative estimate of drug-likeness (QED) is 0.617. The number of amides is 1. The maximum Gasteiger partial charge on any atom is 0.269 e. The minimum absolute atomic E-state index is 0.0420. The lowest BCUT2D eigenvalue weighted by Crippen LogP contribution is -2.27. The molecular weight excluding hydrogens is 344 g/mol. The number of fused-ring (bicyclic) bond motifs is 1. The summed E-state index contributed by atoms with van der Waals surface area (Å²) in [6.07, 6.45) is 0. The number of nitrogens with zero attached hydrogens (tertiary/aromatic N) is 2. The van der Waals surface area contributed by atoms with Crippen molar-refractivity contribution in [2.75, 3.05) is 12.5 Å². The summed E-state index contributed by atoms with van der Waals surface area (Å²) in [5, 5.41) is 10.6. The van der Waals surface area contributed by atoms with Gasteiger partial charge in [0.2, 0.25) is 12.7 Å². The first-order valence-electron chi connectivity index (χ1n) is 7.66. The van der Waals surface area contributed by atoms with E-state index in [2.05, 4.69) is 0 Å². The molecule has 1 unspecified atom stereocenters. The predicted octanol–water partition coefficient (Wildman–Crippen LogP) is 3.10. The lowest BCUT2D eigenvalue weighted by molar-refractivity contribution is -0.384. The molecule has 2 aromatic carbocycles. The van der Waals surface area contributed by atoms with Gasteiger partial charge in [0.1, 0.15) is 5.37 Å². The highest BCUT2D eigenvalue weighted by molar-refractivity contribution is 8.00. The van der Waals surface area contributed by atoms with Crippen LogP contribution in [0.15, 0.2) is 42.5 Å². The van der Waals surface area contributed by atoms with E-state index in [9.17, 15) is 14.9 Å². The van der Waals surface area contributed by atoms with Gasteiger partial charge >= 0.3 is 0 Å². The molecule has 0 spiro atoms. The van der Waals surface area contributed by atoms with E-state index < -0.39 is 4.92 Å². The number of thioether (sulfide) groups is 1. The molecule has 0 N–H and O–H groups in total. The molecule has 0 bridgehead atoms. The standard InChI is InChI=1S/C17H14N2O5S/c20-16-9-25-17(12-2-4-13(5-3-12)19(21)22)18(16)8-11-1-6-14-15(7-11)24-10-23-14/h1-7,17H,8-10H2. The second-order valence-electron chi connectivity index (χ2n) is 5.72. The molecule has 0 aliphatic carbocycles. The van der Waals surface area contributed by atoms with E-state index in [1.807, 2.05) is 18.2 Å². The van der Waals surface area contributed by atoms with Crippen molar-refractivity contribution in [1.82, 2.24) is 4.90 Å². The van der Waals surface area contributed by atoms with Gasteiger partial charge in [-0.15, -0.1) is 11.8 Å². The second kappa shape index (κ2) is 6.29. The van der Waals surface area contributed by atoms with Crippen LogP contribution in [0.5, 0.6) is 11.5 Å². The normalized spacial score (nSPS) is 18.6. The number of nitro benzene ring substituents is 1. The largest absolute Gasteiger partial charge is 0.454 e. The van der Waals surface area contributed by atoms with Crippen LogP contribution in [0.1, 0.15) is 16.5 Å². The number of ether oxygens (including phenoxy) is 2. The molecule has 0 saturated carbocycles. The number of carbonyl (C=O) groups is 1. The van der Waals surface area contributed by atoms with Crippen LogP contribution in [-0.2, 0) is 11.3 Å². The zero-order chi connectivity index (χ0) is 17.4. The van der Waals surface area contributed by atoms with E-state index in [1.165, 1.54) is 23.9 Å². The fourth-order valence-corrected chi connectivity index (χ4v) is 4.09.